The third kappa shape index (κ3) is 5.99. The molecular formula is C32H30FN5O3. The molecule has 0 spiro atoms. The number of furan rings is 1. The molecule has 8 nitrogen and oxygen atoms in total. The number of halogens is 1. The summed E-state index contributed by atoms with van der Waals surface area (Å²) in [6, 6.07) is 21.2. The Bertz CT molecular complexity index is 1670. The molecule has 0 saturated carbocycles. The number of nitrogens with zero attached hydrogens (tertiary/aromatic N) is 4. The van der Waals surface area contributed by atoms with E-state index in [0.29, 0.717) is 29.8 Å². The Morgan fingerprint density at radius 2 is 1.85 bits per heavy atom. The lowest BCUT2D eigenvalue weighted by Crippen LogP contribution is -2.29. The minimum atomic E-state index is -0.425. The van der Waals surface area contributed by atoms with Crippen molar-refractivity contribution in [2.45, 2.75) is 25.8 Å². The van der Waals surface area contributed by atoms with Crippen molar-refractivity contribution in [1.82, 2.24) is 9.97 Å². The maximum Gasteiger partial charge on any atom is 0.255 e. The first-order chi connectivity index (χ1) is 20.0. The number of piperidine rings is 1. The van der Waals surface area contributed by atoms with Crippen molar-refractivity contribution in [3.63, 3.8) is 0 Å². The minimum absolute atomic E-state index is 0.280. The lowest BCUT2D eigenvalue weighted by atomic mass is 10.1. The number of benzene rings is 3. The van der Waals surface area contributed by atoms with Crippen LogP contribution in [0.3, 0.4) is 0 Å². The Labute approximate surface area is 237 Å². The Hall–Kier alpha value is -4.92. The van der Waals surface area contributed by atoms with Gasteiger partial charge in [0, 0.05) is 60.1 Å². The van der Waals surface area contributed by atoms with Gasteiger partial charge in [-0.1, -0.05) is 24.3 Å². The topological polar surface area (TPSA) is 83.7 Å². The lowest BCUT2D eigenvalue weighted by molar-refractivity contribution is 0.102. The van der Waals surface area contributed by atoms with Crippen LogP contribution in [0.2, 0.25) is 0 Å². The molecule has 1 saturated heterocycles. The molecule has 6 rings (SSSR count). The first-order valence-corrected chi connectivity index (χ1v) is 13.7. The van der Waals surface area contributed by atoms with E-state index in [1.165, 1.54) is 18.6 Å². The monoisotopic (exact) mass is 551 g/mol. The number of amides is 1. The third-order valence-corrected chi connectivity index (χ3v) is 7.14. The van der Waals surface area contributed by atoms with Crippen LogP contribution in [-0.2, 0) is 6.54 Å². The summed E-state index contributed by atoms with van der Waals surface area (Å²) in [6.07, 6.45) is 6.58. The number of nitrogens with one attached hydrogen (secondary N) is 1. The van der Waals surface area contributed by atoms with Crippen molar-refractivity contribution in [1.29, 1.82) is 0 Å². The average molecular weight is 552 g/mol. The van der Waals surface area contributed by atoms with Crippen LogP contribution in [-0.4, -0.2) is 36.0 Å². The Kier molecular flexibility index (Phi) is 7.49. The summed E-state index contributed by atoms with van der Waals surface area (Å²) in [5.41, 5.74) is 1.62. The quantitative estimate of drug-likeness (QED) is 0.222. The second kappa shape index (κ2) is 11.7. The van der Waals surface area contributed by atoms with Gasteiger partial charge in [-0.15, -0.1) is 0 Å². The van der Waals surface area contributed by atoms with E-state index in [2.05, 4.69) is 20.2 Å². The molecule has 1 fully saturated rings. The predicted octanol–water partition coefficient (Wildman–Crippen LogP) is 7.03. The molecule has 1 N–H and O–H groups in total. The van der Waals surface area contributed by atoms with Crippen molar-refractivity contribution < 1.29 is 18.3 Å². The Balaban J connectivity index is 1.23. The molecule has 208 valence electrons. The van der Waals surface area contributed by atoms with Gasteiger partial charge in [0.2, 0.25) is 11.8 Å². The van der Waals surface area contributed by atoms with Crippen LogP contribution in [0.1, 0.15) is 35.4 Å². The zero-order chi connectivity index (χ0) is 28.2. The van der Waals surface area contributed by atoms with Crippen molar-refractivity contribution >= 4 is 34.0 Å². The Morgan fingerprint density at radius 1 is 1.02 bits per heavy atom. The molecule has 1 amide bonds. The summed E-state index contributed by atoms with van der Waals surface area (Å²) < 4.78 is 26.1. The highest BCUT2D eigenvalue weighted by Crippen LogP contribution is 2.34. The number of aromatic nitrogens is 2. The van der Waals surface area contributed by atoms with Crippen LogP contribution in [0.25, 0.3) is 10.8 Å². The number of carbonyl (C=O) groups excluding carboxylic acids is 1. The summed E-state index contributed by atoms with van der Waals surface area (Å²) in [4.78, 5) is 26.2. The largest absolute Gasteiger partial charge is 0.467 e. The van der Waals surface area contributed by atoms with Gasteiger partial charge < -0.3 is 24.3 Å². The fourth-order valence-electron chi connectivity index (χ4n) is 5.10. The van der Waals surface area contributed by atoms with Crippen LogP contribution < -0.4 is 19.9 Å². The zero-order valence-electron chi connectivity index (χ0n) is 22.7. The van der Waals surface area contributed by atoms with Crippen LogP contribution in [0, 0.1) is 5.82 Å². The van der Waals surface area contributed by atoms with E-state index < -0.39 is 5.82 Å². The molecule has 0 bridgehead atoms. The van der Waals surface area contributed by atoms with Crippen molar-refractivity contribution in [3.8, 4) is 11.6 Å². The van der Waals surface area contributed by atoms with Gasteiger partial charge in [0.15, 0.2) is 0 Å². The number of carbonyl (C=O) groups is 1. The van der Waals surface area contributed by atoms with Crippen LogP contribution in [0.4, 0.5) is 21.7 Å². The number of anilines is 3. The van der Waals surface area contributed by atoms with Gasteiger partial charge in [-0.25, -0.2) is 9.37 Å². The second-order valence-electron chi connectivity index (χ2n) is 10.1. The van der Waals surface area contributed by atoms with Gasteiger partial charge in [-0.05, 0) is 61.7 Å². The normalized spacial score (nSPS) is 13.3. The fraction of sp³-hybridized carbons (Fsp3) is 0.219. The summed E-state index contributed by atoms with van der Waals surface area (Å²) in [7, 11) is 1.88. The van der Waals surface area contributed by atoms with E-state index in [1.807, 2.05) is 48.3 Å². The molecule has 1 aliphatic rings. The molecule has 0 aliphatic carbocycles. The highest BCUT2D eigenvalue weighted by atomic mass is 19.1. The molecule has 2 aromatic heterocycles. The summed E-state index contributed by atoms with van der Waals surface area (Å²) in [6.45, 7) is 2.24. The summed E-state index contributed by atoms with van der Waals surface area (Å²) in [5.74, 6) is 1.45. The number of rotatable bonds is 8. The van der Waals surface area contributed by atoms with Crippen molar-refractivity contribution in [3.05, 3.63) is 102 Å². The molecule has 3 heterocycles. The molecular weight excluding hydrogens is 521 g/mol. The molecule has 0 unspecified atom stereocenters. The Morgan fingerprint density at radius 3 is 2.66 bits per heavy atom. The molecule has 1 aliphatic heterocycles. The van der Waals surface area contributed by atoms with E-state index in [9.17, 15) is 9.18 Å². The standard InChI is InChI=1S/C32H30FN5O3/c1-37(21-25-8-7-17-40-25)32-34-14-13-30(36-32)41-29-12-11-28(26-9-3-4-10-27(26)29)35-31(39)22-18-23(33)20-24(19-22)38-15-5-2-6-16-38/h3-4,7-14,17-20H,2,5-6,15-16,21H2,1H3,(H,35,39). The van der Waals surface area contributed by atoms with Gasteiger partial charge in [0.05, 0.1) is 12.8 Å². The van der Waals surface area contributed by atoms with Crippen molar-refractivity contribution in [2.24, 2.45) is 0 Å². The van der Waals surface area contributed by atoms with Crippen LogP contribution >= 0.6 is 0 Å². The third-order valence-electron chi connectivity index (χ3n) is 7.14. The van der Waals surface area contributed by atoms with Gasteiger partial charge in [-0.2, -0.15) is 4.98 Å². The maximum absolute atomic E-state index is 14.5. The highest BCUT2D eigenvalue weighted by molar-refractivity contribution is 6.10. The highest BCUT2D eigenvalue weighted by Gasteiger charge is 2.17. The number of fused-ring (bicyclic) bond motifs is 1. The first kappa shape index (κ1) is 26.3. The second-order valence-corrected chi connectivity index (χ2v) is 10.1. The van der Waals surface area contributed by atoms with Gasteiger partial charge in [-0.3, -0.25) is 4.79 Å². The lowest BCUT2D eigenvalue weighted by Gasteiger charge is -2.29. The number of hydrogen-bond donors (Lipinski definition) is 1. The van der Waals surface area contributed by atoms with E-state index in [1.54, 1.807) is 36.7 Å². The van der Waals surface area contributed by atoms with E-state index in [4.69, 9.17) is 9.15 Å². The van der Waals surface area contributed by atoms with Gasteiger partial charge >= 0.3 is 0 Å². The molecule has 0 atom stereocenters. The smallest absolute Gasteiger partial charge is 0.255 e. The molecule has 41 heavy (non-hydrogen) atoms. The van der Waals surface area contributed by atoms with Crippen LogP contribution in [0.15, 0.2) is 89.7 Å². The number of hydrogen-bond acceptors (Lipinski definition) is 7. The van der Waals surface area contributed by atoms with E-state index in [-0.39, 0.29) is 11.5 Å². The number of ether oxygens (including phenoxy) is 1. The average Bonchev–Trinajstić information content (AvgIpc) is 3.52. The molecule has 9 heteroatoms. The van der Waals surface area contributed by atoms with E-state index >= 15 is 0 Å². The molecule has 5 aromatic rings. The van der Waals surface area contributed by atoms with Crippen LogP contribution in [0.5, 0.6) is 11.6 Å². The molecule has 3 aromatic carbocycles. The predicted molar refractivity (Wildman–Crippen MR) is 157 cm³/mol. The fourth-order valence-corrected chi connectivity index (χ4v) is 5.10. The first-order valence-electron chi connectivity index (χ1n) is 13.7. The van der Waals surface area contributed by atoms with Gasteiger partial charge in [0.25, 0.3) is 5.91 Å². The van der Waals surface area contributed by atoms with E-state index in [0.717, 1.165) is 48.2 Å². The SMILES string of the molecule is CN(Cc1ccco1)c1nccc(Oc2ccc(NC(=O)c3cc(F)cc(N4CCCCC4)c3)c3ccccc23)n1. The van der Waals surface area contributed by atoms with Crippen molar-refractivity contribution in [2.75, 3.05) is 35.3 Å². The summed E-state index contributed by atoms with van der Waals surface area (Å²) in [5, 5.41) is 4.56. The maximum atomic E-state index is 14.5. The van der Waals surface area contributed by atoms with Gasteiger partial charge in [0.1, 0.15) is 17.3 Å². The molecule has 0 radical (unpaired) electrons. The minimum Gasteiger partial charge on any atom is -0.467 e. The zero-order valence-corrected chi connectivity index (χ0v) is 22.7. The summed E-state index contributed by atoms with van der Waals surface area (Å²) >= 11 is 0.